The lowest BCUT2D eigenvalue weighted by Gasteiger charge is -2.10. The molecule has 1 aromatic heterocycles. The van der Waals surface area contributed by atoms with Gasteiger partial charge in [-0.25, -0.2) is 4.79 Å². The fourth-order valence-electron chi connectivity index (χ4n) is 1.97. The summed E-state index contributed by atoms with van der Waals surface area (Å²) in [4.78, 5) is 12.5. The van der Waals surface area contributed by atoms with Crippen LogP contribution in [0, 0.1) is 0 Å². The van der Waals surface area contributed by atoms with Crippen molar-refractivity contribution in [1.82, 2.24) is 10.6 Å². The molecule has 1 unspecified atom stereocenters. The maximum absolute atomic E-state index is 11.6. The Morgan fingerprint density at radius 1 is 1.10 bits per heavy atom. The predicted octanol–water partition coefficient (Wildman–Crippen LogP) is 2.71. The zero-order valence-electron chi connectivity index (χ0n) is 11.8. The highest BCUT2D eigenvalue weighted by molar-refractivity contribution is 7.10. The molecule has 1 heterocycles. The number of amides is 2. The molecule has 3 N–H and O–H groups in total. The van der Waals surface area contributed by atoms with Crippen molar-refractivity contribution in [1.29, 1.82) is 0 Å². The summed E-state index contributed by atoms with van der Waals surface area (Å²) in [6, 6.07) is 13.6. The van der Waals surface area contributed by atoms with Gasteiger partial charge < -0.3 is 15.7 Å². The first-order valence-electron chi connectivity index (χ1n) is 7.03. The number of hydrogen-bond donors (Lipinski definition) is 3. The average Bonchev–Trinajstić information content (AvgIpc) is 3.02. The number of thiophene rings is 1. The Hall–Kier alpha value is -1.85. The molecular formula is C16H20N2O2S. The second-order valence-electron chi connectivity index (χ2n) is 4.74. The minimum atomic E-state index is -0.505. The molecule has 1 aromatic carbocycles. The predicted molar refractivity (Wildman–Crippen MR) is 85.4 cm³/mol. The first kappa shape index (κ1) is 15.5. The van der Waals surface area contributed by atoms with Crippen LogP contribution in [0.5, 0.6) is 0 Å². The third-order valence-corrected chi connectivity index (χ3v) is 4.09. The first-order chi connectivity index (χ1) is 10.3. The van der Waals surface area contributed by atoms with Crippen molar-refractivity contribution in [2.24, 2.45) is 0 Å². The molecule has 0 saturated carbocycles. The van der Waals surface area contributed by atoms with Crippen LogP contribution in [-0.4, -0.2) is 24.2 Å². The molecule has 112 valence electrons. The van der Waals surface area contributed by atoms with Crippen LogP contribution in [0.4, 0.5) is 4.79 Å². The van der Waals surface area contributed by atoms with Crippen molar-refractivity contribution in [2.45, 2.75) is 18.9 Å². The van der Waals surface area contributed by atoms with E-state index in [2.05, 4.69) is 10.6 Å². The largest absolute Gasteiger partial charge is 0.388 e. The minimum absolute atomic E-state index is 0.190. The number of rotatable bonds is 7. The standard InChI is InChI=1S/C16H20N2O2S/c19-14(15-7-4-12-21-15)9-11-18-16(20)17-10-8-13-5-2-1-3-6-13/h1-7,12,14,19H,8-11H2,(H2,17,18,20). The van der Waals surface area contributed by atoms with Crippen LogP contribution in [0.15, 0.2) is 47.8 Å². The van der Waals surface area contributed by atoms with Crippen LogP contribution in [0.1, 0.15) is 23.0 Å². The smallest absolute Gasteiger partial charge is 0.314 e. The zero-order chi connectivity index (χ0) is 14.9. The Labute approximate surface area is 128 Å². The molecule has 0 radical (unpaired) electrons. The normalized spacial score (nSPS) is 11.9. The summed E-state index contributed by atoms with van der Waals surface area (Å²) in [5.74, 6) is 0. The summed E-state index contributed by atoms with van der Waals surface area (Å²) in [7, 11) is 0. The average molecular weight is 304 g/mol. The fourth-order valence-corrected chi connectivity index (χ4v) is 2.72. The van der Waals surface area contributed by atoms with E-state index >= 15 is 0 Å². The van der Waals surface area contributed by atoms with Crippen molar-refractivity contribution in [3.63, 3.8) is 0 Å². The number of benzene rings is 1. The van der Waals surface area contributed by atoms with E-state index in [-0.39, 0.29) is 6.03 Å². The first-order valence-corrected chi connectivity index (χ1v) is 7.91. The minimum Gasteiger partial charge on any atom is -0.388 e. The van der Waals surface area contributed by atoms with E-state index in [9.17, 15) is 9.90 Å². The highest BCUT2D eigenvalue weighted by Gasteiger charge is 2.08. The number of carbonyl (C=O) groups excluding carboxylic acids is 1. The van der Waals surface area contributed by atoms with Crippen molar-refractivity contribution in [3.05, 3.63) is 58.3 Å². The van der Waals surface area contributed by atoms with Gasteiger partial charge in [-0.05, 0) is 29.9 Å². The molecule has 5 heteroatoms. The molecule has 1 atom stereocenters. The zero-order valence-corrected chi connectivity index (χ0v) is 12.6. The summed E-state index contributed by atoms with van der Waals surface area (Å²) >= 11 is 1.52. The third-order valence-electron chi connectivity index (χ3n) is 3.12. The SMILES string of the molecule is O=C(NCCc1ccccc1)NCCC(O)c1cccs1. The van der Waals surface area contributed by atoms with Gasteiger partial charge in [0, 0.05) is 18.0 Å². The Morgan fingerprint density at radius 2 is 1.86 bits per heavy atom. The molecule has 2 rings (SSSR count). The van der Waals surface area contributed by atoms with E-state index in [4.69, 9.17) is 0 Å². The van der Waals surface area contributed by atoms with Gasteiger partial charge >= 0.3 is 6.03 Å². The van der Waals surface area contributed by atoms with Crippen LogP contribution in [0.25, 0.3) is 0 Å². The van der Waals surface area contributed by atoms with Gasteiger partial charge in [-0.3, -0.25) is 0 Å². The number of aliphatic hydroxyl groups excluding tert-OH is 1. The molecule has 21 heavy (non-hydrogen) atoms. The molecule has 2 amide bonds. The third kappa shape index (κ3) is 5.57. The lowest BCUT2D eigenvalue weighted by atomic mass is 10.1. The van der Waals surface area contributed by atoms with Gasteiger partial charge in [-0.1, -0.05) is 36.4 Å². The Bertz CT molecular complexity index is 528. The van der Waals surface area contributed by atoms with E-state index in [0.29, 0.717) is 19.5 Å². The van der Waals surface area contributed by atoms with Crippen molar-refractivity contribution in [2.75, 3.05) is 13.1 Å². The summed E-state index contributed by atoms with van der Waals surface area (Å²) in [6.45, 7) is 1.06. The Balaban J connectivity index is 1.57. The Kier molecular flexibility index (Phi) is 6.24. The molecule has 0 aliphatic rings. The van der Waals surface area contributed by atoms with Crippen LogP contribution in [-0.2, 0) is 6.42 Å². The lowest BCUT2D eigenvalue weighted by Crippen LogP contribution is -2.37. The van der Waals surface area contributed by atoms with Gasteiger partial charge in [-0.2, -0.15) is 0 Å². The molecule has 4 nitrogen and oxygen atoms in total. The van der Waals surface area contributed by atoms with Crippen molar-refractivity contribution in [3.8, 4) is 0 Å². The van der Waals surface area contributed by atoms with E-state index in [1.165, 1.54) is 16.9 Å². The topological polar surface area (TPSA) is 61.4 Å². The highest BCUT2D eigenvalue weighted by Crippen LogP contribution is 2.20. The van der Waals surface area contributed by atoms with Crippen molar-refractivity contribution < 1.29 is 9.90 Å². The van der Waals surface area contributed by atoms with Crippen LogP contribution >= 0.6 is 11.3 Å². The number of aliphatic hydroxyl groups is 1. The second-order valence-corrected chi connectivity index (χ2v) is 5.72. The highest BCUT2D eigenvalue weighted by atomic mass is 32.1. The fraction of sp³-hybridized carbons (Fsp3) is 0.312. The Morgan fingerprint density at radius 3 is 2.57 bits per heavy atom. The van der Waals surface area contributed by atoms with Crippen molar-refractivity contribution >= 4 is 17.4 Å². The number of hydrogen-bond acceptors (Lipinski definition) is 3. The molecule has 0 aliphatic carbocycles. The van der Waals surface area contributed by atoms with Gasteiger partial charge in [0.1, 0.15) is 0 Å². The van der Waals surface area contributed by atoms with Crippen LogP contribution in [0.3, 0.4) is 0 Å². The van der Waals surface area contributed by atoms with Gasteiger partial charge in [0.25, 0.3) is 0 Å². The summed E-state index contributed by atoms with van der Waals surface area (Å²) in [5.41, 5.74) is 1.20. The number of urea groups is 1. The number of carbonyl (C=O) groups is 1. The summed E-state index contributed by atoms with van der Waals surface area (Å²) in [5, 5.41) is 17.4. The van der Waals surface area contributed by atoms with Gasteiger partial charge in [0.05, 0.1) is 6.10 Å². The maximum Gasteiger partial charge on any atom is 0.314 e. The molecule has 0 aliphatic heterocycles. The lowest BCUT2D eigenvalue weighted by molar-refractivity contribution is 0.170. The van der Waals surface area contributed by atoms with Gasteiger partial charge in [0.2, 0.25) is 0 Å². The summed E-state index contributed by atoms with van der Waals surface area (Å²) < 4.78 is 0. The molecule has 0 fully saturated rings. The summed E-state index contributed by atoms with van der Waals surface area (Å²) in [6.07, 6.45) is 0.827. The van der Waals surface area contributed by atoms with Gasteiger partial charge in [0.15, 0.2) is 0 Å². The molecule has 0 bridgehead atoms. The molecular weight excluding hydrogens is 284 g/mol. The molecule has 0 spiro atoms. The van der Waals surface area contributed by atoms with E-state index in [1.54, 1.807) is 0 Å². The quantitative estimate of drug-likeness (QED) is 0.736. The molecule has 2 aromatic rings. The maximum atomic E-state index is 11.6. The van der Waals surface area contributed by atoms with E-state index in [0.717, 1.165) is 11.3 Å². The van der Waals surface area contributed by atoms with E-state index < -0.39 is 6.10 Å². The van der Waals surface area contributed by atoms with Crippen LogP contribution in [0.2, 0.25) is 0 Å². The second kappa shape index (κ2) is 8.44. The monoisotopic (exact) mass is 304 g/mol. The number of nitrogens with one attached hydrogen (secondary N) is 2. The van der Waals surface area contributed by atoms with Gasteiger partial charge in [-0.15, -0.1) is 11.3 Å². The molecule has 0 saturated heterocycles. The van der Waals surface area contributed by atoms with Crippen LogP contribution < -0.4 is 10.6 Å². The van der Waals surface area contributed by atoms with E-state index in [1.807, 2.05) is 47.8 Å².